The zero-order chi connectivity index (χ0) is 12.7. The second kappa shape index (κ2) is 7.44. The number of benzene rings is 1. The van der Waals surface area contributed by atoms with Crippen molar-refractivity contribution in [3.8, 4) is 0 Å². The Hall–Kier alpha value is -0.890. The van der Waals surface area contributed by atoms with Gasteiger partial charge in [-0.05, 0) is 36.3 Å². The largest absolute Gasteiger partial charge is 0.384 e. The van der Waals surface area contributed by atoms with Gasteiger partial charge in [-0.25, -0.2) is 0 Å². The van der Waals surface area contributed by atoms with Gasteiger partial charge in [0.05, 0.1) is 0 Å². The van der Waals surface area contributed by atoms with Crippen LogP contribution in [0.1, 0.15) is 30.0 Å². The quantitative estimate of drug-likeness (QED) is 0.786. The lowest BCUT2D eigenvalue weighted by Gasteiger charge is -2.11. The second-order valence-electron chi connectivity index (χ2n) is 4.40. The van der Waals surface area contributed by atoms with Gasteiger partial charge in [0.2, 0.25) is 0 Å². The highest BCUT2D eigenvalue weighted by molar-refractivity contribution is 7.98. The Labute approximate surface area is 110 Å². The molecule has 0 aliphatic heterocycles. The predicted molar refractivity (Wildman–Crippen MR) is 79.5 cm³/mol. The van der Waals surface area contributed by atoms with Crippen LogP contribution in [0.25, 0.3) is 0 Å². The molecule has 1 aromatic rings. The van der Waals surface area contributed by atoms with Crippen molar-refractivity contribution in [1.29, 1.82) is 0 Å². The molecule has 94 valence electrons. The molecule has 0 bridgehead atoms. The smallest absolute Gasteiger partial charge is 0.0397 e. The molecule has 1 rings (SSSR count). The first-order chi connectivity index (χ1) is 8.17. The van der Waals surface area contributed by atoms with E-state index in [0.717, 1.165) is 18.0 Å². The Kier molecular flexibility index (Phi) is 6.20. The maximum atomic E-state index is 4.00. The van der Waals surface area contributed by atoms with Gasteiger partial charge >= 0.3 is 0 Å². The average Bonchev–Trinajstić information content (AvgIpc) is 2.31. The van der Waals surface area contributed by atoms with Gasteiger partial charge in [0.15, 0.2) is 0 Å². The molecular weight excluding hydrogens is 226 g/mol. The van der Waals surface area contributed by atoms with Crippen LogP contribution in [0.4, 0.5) is 0 Å². The van der Waals surface area contributed by atoms with Crippen LogP contribution in [0, 0.1) is 6.92 Å². The predicted octanol–water partition coefficient (Wildman–Crippen LogP) is 3.91. The summed E-state index contributed by atoms with van der Waals surface area (Å²) in [6.45, 7) is 9.31. The fraction of sp³-hybridized carbons (Fsp3) is 0.467. The van der Waals surface area contributed by atoms with Gasteiger partial charge in [0.25, 0.3) is 0 Å². The van der Waals surface area contributed by atoms with Crippen molar-refractivity contribution in [2.24, 2.45) is 0 Å². The minimum absolute atomic E-state index is 0.885. The van der Waals surface area contributed by atoms with Crippen molar-refractivity contribution >= 4 is 11.8 Å². The molecule has 0 spiro atoms. The Balaban J connectivity index is 2.59. The molecule has 0 atom stereocenters. The van der Waals surface area contributed by atoms with Crippen molar-refractivity contribution in [3.05, 3.63) is 47.2 Å². The Morgan fingerprint density at radius 3 is 2.82 bits per heavy atom. The van der Waals surface area contributed by atoms with E-state index in [2.05, 4.69) is 50.2 Å². The van der Waals surface area contributed by atoms with Crippen LogP contribution in [0.2, 0.25) is 0 Å². The summed E-state index contributed by atoms with van der Waals surface area (Å²) in [5, 5.41) is 3.37. The fourth-order valence-corrected chi connectivity index (χ4v) is 2.28. The highest BCUT2D eigenvalue weighted by Crippen LogP contribution is 2.13. The topological polar surface area (TPSA) is 12.0 Å². The lowest BCUT2D eigenvalue weighted by atomic mass is 10.0. The maximum Gasteiger partial charge on any atom is 0.0397 e. The number of rotatable bonds is 7. The summed E-state index contributed by atoms with van der Waals surface area (Å²) >= 11 is 1.80. The average molecular weight is 249 g/mol. The maximum absolute atomic E-state index is 4.00. The lowest BCUT2D eigenvalue weighted by molar-refractivity contribution is 0.813. The van der Waals surface area contributed by atoms with E-state index >= 15 is 0 Å². The first kappa shape index (κ1) is 14.2. The summed E-state index contributed by atoms with van der Waals surface area (Å²) < 4.78 is 0. The number of hydrogen-bond acceptors (Lipinski definition) is 2. The minimum atomic E-state index is 0.885. The zero-order valence-corrected chi connectivity index (χ0v) is 12.0. The molecule has 0 aliphatic carbocycles. The molecule has 0 aromatic heterocycles. The molecule has 1 aromatic carbocycles. The first-order valence-corrected chi connectivity index (χ1v) is 7.55. The van der Waals surface area contributed by atoms with Crippen LogP contribution in [-0.2, 0) is 13.0 Å². The van der Waals surface area contributed by atoms with Crippen LogP contribution in [0.5, 0.6) is 0 Å². The molecule has 1 N–H and O–H groups in total. The van der Waals surface area contributed by atoms with E-state index in [1.807, 2.05) is 0 Å². The first-order valence-electron chi connectivity index (χ1n) is 6.16. The SMILES string of the molecule is C=C(CSC)NCc1ccc(C)c(CCC)c1. The van der Waals surface area contributed by atoms with E-state index in [-0.39, 0.29) is 0 Å². The molecule has 17 heavy (non-hydrogen) atoms. The highest BCUT2D eigenvalue weighted by atomic mass is 32.2. The van der Waals surface area contributed by atoms with Crippen LogP contribution < -0.4 is 5.32 Å². The van der Waals surface area contributed by atoms with Gasteiger partial charge in [0.1, 0.15) is 0 Å². The fourth-order valence-electron chi connectivity index (χ4n) is 1.83. The molecule has 0 amide bonds. The number of thioether (sulfide) groups is 1. The van der Waals surface area contributed by atoms with E-state index in [1.165, 1.54) is 29.5 Å². The van der Waals surface area contributed by atoms with E-state index in [1.54, 1.807) is 11.8 Å². The summed E-state index contributed by atoms with van der Waals surface area (Å²) in [5.41, 5.74) is 5.33. The zero-order valence-electron chi connectivity index (χ0n) is 11.2. The molecule has 0 fully saturated rings. The lowest BCUT2D eigenvalue weighted by Crippen LogP contribution is -2.13. The number of hydrogen-bond donors (Lipinski definition) is 1. The van der Waals surface area contributed by atoms with E-state index < -0.39 is 0 Å². The molecule has 0 saturated carbocycles. The van der Waals surface area contributed by atoms with Crippen molar-refractivity contribution in [2.75, 3.05) is 12.0 Å². The van der Waals surface area contributed by atoms with Gasteiger partial charge in [0, 0.05) is 18.0 Å². The van der Waals surface area contributed by atoms with Crippen molar-refractivity contribution in [2.45, 2.75) is 33.2 Å². The normalized spacial score (nSPS) is 10.3. The van der Waals surface area contributed by atoms with Gasteiger partial charge in [-0.15, -0.1) is 0 Å². The molecule has 0 saturated heterocycles. The van der Waals surface area contributed by atoms with Gasteiger partial charge < -0.3 is 5.32 Å². The van der Waals surface area contributed by atoms with E-state index in [4.69, 9.17) is 0 Å². The summed E-state index contributed by atoms with van der Waals surface area (Å²) in [5.74, 6) is 0.980. The van der Waals surface area contributed by atoms with Crippen LogP contribution in [0.15, 0.2) is 30.5 Å². The van der Waals surface area contributed by atoms with Gasteiger partial charge in [-0.3, -0.25) is 0 Å². The van der Waals surface area contributed by atoms with Crippen molar-refractivity contribution in [1.82, 2.24) is 5.32 Å². The Morgan fingerprint density at radius 2 is 2.18 bits per heavy atom. The summed E-state index contributed by atoms with van der Waals surface area (Å²) in [6, 6.07) is 6.74. The molecule has 0 unspecified atom stereocenters. The van der Waals surface area contributed by atoms with Gasteiger partial charge in [-0.2, -0.15) is 11.8 Å². The van der Waals surface area contributed by atoms with Crippen molar-refractivity contribution in [3.63, 3.8) is 0 Å². The highest BCUT2D eigenvalue weighted by Gasteiger charge is 2.00. The Morgan fingerprint density at radius 1 is 1.41 bits per heavy atom. The summed E-state index contributed by atoms with van der Waals surface area (Å²) in [7, 11) is 0. The molecule has 0 heterocycles. The second-order valence-corrected chi connectivity index (χ2v) is 5.27. The standard InChI is InChI=1S/C15H23NS/c1-5-6-15-9-14(8-7-12(15)2)10-16-13(3)11-17-4/h7-9,16H,3,5-6,10-11H2,1-2,4H3. The number of nitrogens with one attached hydrogen (secondary N) is 1. The van der Waals surface area contributed by atoms with Crippen LogP contribution >= 0.6 is 11.8 Å². The molecule has 0 radical (unpaired) electrons. The van der Waals surface area contributed by atoms with Gasteiger partial charge in [-0.1, -0.05) is 38.1 Å². The third-order valence-electron chi connectivity index (χ3n) is 2.79. The van der Waals surface area contributed by atoms with Crippen LogP contribution in [0.3, 0.4) is 0 Å². The molecule has 0 aliphatic rings. The van der Waals surface area contributed by atoms with E-state index in [9.17, 15) is 0 Å². The monoisotopic (exact) mass is 249 g/mol. The van der Waals surface area contributed by atoms with E-state index in [0.29, 0.717) is 0 Å². The third-order valence-corrected chi connectivity index (χ3v) is 3.43. The minimum Gasteiger partial charge on any atom is -0.384 e. The molecular formula is C15H23NS. The molecule has 1 nitrogen and oxygen atoms in total. The summed E-state index contributed by atoms with van der Waals surface area (Å²) in [4.78, 5) is 0. The summed E-state index contributed by atoms with van der Waals surface area (Å²) in [6.07, 6.45) is 4.47. The van der Waals surface area contributed by atoms with Crippen LogP contribution in [-0.4, -0.2) is 12.0 Å². The molecule has 2 heteroatoms. The Bertz CT molecular complexity index is 371. The number of aryl methyl sites for hydroxylation is 2. The third kappa shape index (κ3) is 4.86. The van der Waals surface area contributed by atoms with Crippen molar-refractivity contribution < 1.29 is 0 Å².